The second kappa shape index (κ2) is 7.06. The van der Waals surface area contributed by atoms with Crippen LogP contribution in [0.25, 0.3) is 43.9 Å². The Hall–Kier alpha value is -2.91. The summed E-state index contributed by atoms with van der Waals surface area (Å²) in [7, 11) is 3.93. The van der Waals surface area contributed by atoms with Crippen LogP contribution in [0.15, 0.2) is 41.1 Å². The molecule has 6 rings (SSSR count). The molecule has 0 unspecified atom stereocenters. The van der Waals surface area contributed by atoms with Crippen molar-refractivity contribution in [1.82, 2.24) is 29.3 Å². The number of thiophene rings is 1. The summed E-state index contributed by atoms with van der Waals surface area (Å²) in [5, 5.41) is 6.08. The van der Waals surface area contributed by atoms with Crippen LogP contribution in [0.3, 0.4) is 0 Å². The minimum atomic E-state index is 0.673. The van der Waals surface area contributed by atoms with Crippen molar-refractivity contribution in [1.29, 1.82) is 0 Å². The monoisotopic (exact) mass is 447 g/mol. The van der Waals surface area contributed by atoms with Crippen molar-refractivity contribution < 1.29 is 0 Å². The average Bonchev–Trinajstić information content (AvgIpc) is 3.42. The molecule has 1 aliphatic rings. The first-order valence-corrected chi connectivity index (χ1v) is 11.9. The maximum absolute atomic E-state index is 6.69. The Labute approximate surface area is 187 Å². The number of pyridine rings is 2. The molecule has 1 fully saturated rings. The molecule has 156 valence electrons. The van der Waals surface area contributed by atoms with Gasteiger partial charge in [0.25, 0.3) is 0 Å². The van der Waals surface area contributed by atoms with Gasteiger partial charge >= 0.3 is 0 Å². The van der Waals surface area contributed by atoms with Crippen LogP contribution in [0.4, 0.5) is 5.69 Å². The number of hydrogen-bond acceptors (Lipinski definition) is 7. The second-order valence-electron chi connectivity index (χ2n) is 7.97. The topological polar surface area (TPSA) is 87.4 Å². The Morgan fingerprint density at radius 3 is 2.81 bits per heavy atom. The molecular formula is C22H21N7S2. The number of imidazole rings is 1. The van der Waals surface area contributed by atoms with E-state index in [1.165, 1.54) is 23.5 Å². The molecule has 0 bridgehead atoms. The van der Waals surface area contributed by atoms with E-state index in [0.29, 0.717) is 5.25 Å². The van der Waals surface area contributed by atoms with Gasteiger partial charge in [0.1, 0.15) is 4.83 Å². The van der Waals surface area contributed by atoms with Gasteiger partial charge in [0.05, 0.1) is 33.1 Å². The average molecular weight is 448 g/mol. The number of rotatable bonds is 4. The van der Waals surface area contributed by atoms with Gasteiger partial charge in [-0.15, -0.1) is 23.1 Å². The molecule has 0 amide bonds. The van der Waals surface area contributed by atoms with Crippen molar-refractivity contribution in [3.05, 3.63) is 36.9 Å². The molecule has 0 spiro atoms. The number of fused-ring (bicyclic) bond motifs is 2. The van der Waals surface area contributed by atoms with E-state index >= 15 is 0 Å². The highest BCUT2D eigenvalue weighted by atomic mass is 32.2. The van der Waals surface area contributed by atoms with E-state index in [2.05, 4.69) is 27.2 Å². The standard InChI is InChI=1S/C22H21N7S2/c1-28-11-25-20-17(28)8-12(10-24-20)15-9-14(16-6-7-26-29(16)2)18-19(23)22(31-21(18)27-15)30-13-4-3-5-13/h6-11,13H,3-5,23H2,1-2H3. The molecule has 0 atom stereocenters. The van der Waals surface area contributed by atoms with Crippen molar-refractivity contribution in [2.24, 2.45) is 14.1 Å². The summed E-state index contributed by atoms with van der Waals surface area (Å²) in [5.41, 5.74) is 13.2. The molecule has 9 heteroatoms. The summed E-state index contributed by atoms with van der Waals surface area (Å²) in [5.74, 6) is 0. The highest BCUT2D eigenvalue weighted by molar-refractivity contribution is 8.02. The van der Waals surface area contributed by atoms with Gasteiger partial charge in [-0.25, -0.2) is 15.0 Å². The molecule has 0 aromatic carbocycles. The smallest absolute Gasteiger partial charge is 0.177 e. The lowest BCUT2D eigenvalue weighted by atomic mass is 10.0. The Bertz CT molecular complexity index is 1440. The fourth-order valence-corrected chi connectivity index (χ4v) is 6.76. The zero-order valence-corrected chi connectivity index (χ0v) is 18.9. The quantitative estimate of drug-likeness (QED) is 0.423. The third kappa shape index (κ3) is 3.02. The van der Waals surface area contributed by atoms with Gasteiger partial charge in [-0.2, -0.15) is 5.10 Å². The number of thioether (sulfide) groups is 1. The lowest BCUT2D eigenvalue weighted by Crippen LogP contribution is -2.12. The van der Waals surface area contributed by atoms with Crippen LogP contribution in [-0.2, 0) is 14.1 Å². The van der Waals surface area contributed by atoms with Crippen molar-refractivity contribution in [3.63, 3.8) is 0 Å². The second-order valence-corrected chi connectivity index (χ2v) is 10.5. The first-order valence-electron chi connectivity index (χ1n) is 10.2. The van der Waals surface area contributed by atoms with E-state index in [1.807, 2.05) is 53.6 Å². The summed E-state index contributed by atoms with van der Waals surface area (Å²) < 4.78 is 5.04. The van der Waals surface area contributed by atoms with E-state index < -0.39 is 0 Å². The number of nitrogen functional groups attached to an aromatic ring is 1. The van der Waals surface area contributed by atoms with Crippen molar-refractivity contribution in [3.8, 4) is 22.5 Å². The first kappa shape index (κ1) is 18.8. The molecular weight excluding hydrogens is 426 g/mol. The molecule has 7 nitrogen and oxygen atoms in total. The number of aromatic nitrogens is 6. The highest BCUT2D eigenvalue weighted by Crippen LogP contribution is 2.48. The Balaban J connectivity index is 1.58. The van der Waals surface area contributed by atoms with Crippen LogP contribution >= 0.6 is 23.1 Å². The molecule has 1 aliphatic carbocycles. The molecule has 2 N–H and O–H groups in total. The van der Waals surface area contributed by atoms with Crippen LogP contribution in [0, 0.1) is 0 Å². The largest absolute Gasteiger partial charge is 0.397 e. The molecule has 1 saturated carbocycles. The van der Waals surface area contributed by atoms with Crippen LogP contribution < -0.4 is 5.73 Å². The summed E-state index contributed by atoms with van der Waals surface area (Å²) in [6.07, 6.45) is 9.29. The van der Waals surface area contributed by atoms with E-state index in [4.69, 9.17) is 10.7 Å². The molecule has 0 radical (unpaired) electrons. The summed E-state index contributed by atoms with van der Waals surface area (Å²) >= 11 is 3.60. The molecule has 31 heavy (non-hydrogen) atoms. The Kier molecular flexibility index (Phi) is 4.29. The lowest BCUT2D eigenvalue weighted by Gasteiger charge is -2.23. The van der Waals surface area contributed by atoms with Gasteiger partial charge < -0.3 is 10.3 Å². The zero-order valence-electron chi connectivity index (χ0n) is 17.2. The molecule has 0 aliphatic heterocycles. The van der Waals surface area contributed by atoms with Gasteiger partial charge in [-0.1, -0.05) is 6.42 Å². The predicted molar refractivity (Wildman–Crippen MR) is 127 cm³/mol. The number of nitrogens with two attached hydrogens (primary N) is 1. The normalized spacial score (nSPS) is 14.5. The number of aryl methyl sites for hydroxylation is 2. The fraction of sp³-hybridized carbons (Fsp3) is 0.273. The predicted octanol–water partition coefficient (Wildman–Crippen LogP) is 4.87. The number of hydrogen-bond donors (Lipinski definition) is 1. The van der Waals surface area contributed by atoms with E-state index in [9.17, 15) is 0 Å². The Morgan fingerprint density at radius 2 is 2.06 bits per heavy atom. The van der Waals surface area contributed by atoms with Gasteiger partial charge in [0.15, 0.2) is 5.65 Å². The van der Waals surface area contributed by atoms with Crippen LogP contribution in [0.2, 0.25) is 0 Å². The first-order chi connectivity index (χ1) is 15.1. The zero-order chi connectivity index (χ0) is 21.1. The van der Waals surface area contributed by atoms with E-state index in [0.717, 1.165) is 49.6 Å². The van der Waals surface area contributed by atoms with Crippen molar-refractivity contribution in [2.75, 3.05) is 5.73 Å². The highest BCUT2D eigenvalue weighted by Gasteiger charge is 2.24. The van der Waals surface area contributed by atoms with Gasteiger partial charge in [-0.05, 0) is 31.0 Å². The third-order valence-electron chi connectivity index (χ3n) is 5.96. The third-order valence-corrected chi connectivity index (χ3v) is 8.64. The van der Waals surface area contributed by atoms with Crippen LogP contribution in [-0.4, -0.2) is 34.5 Å². The van der Waals surface area contributed by atoms with Gasteiger partial charge in [0, 0.05) is 48.3 Å². The lowest BCUT2D eigenvalue weighted by molar-refractivity contribution is 0.522. The Morgan fingerprint density at radius 1 is 1.19 bits per heavy atom. The maximum atomic E-state index is 6.69. The fourth-order valence-electron chi connectivity index (χ4n) is 3.96. The van der Waals surface area contributed by atoms with E-state index in [-0.39, 0.29) is 0 Å². The molecule has 5 aromatic heterocycles. The van der Waals surface area contributed by atoms with Crippen LogP contribution in [0.1, 0.15) is 19.3 Å². The van der Waals surface area contributed by atoms with Crippen molar-refractivity contribution in [2.45, 2.75) is 28.7 Å². The van der Waals surface area contributed by atoms with Crippen molar-refractivity contribution >= 4 is 50.2 Å². The SMILES string of the molecule is Cn1nccc1-c1cc(-c2cnc3ncn(C)c3c2)nc2sc(SC3CCC3)c(N)c12. The summed E-state index contributed by atoms with van der Waals surface area (Å²) in [6, 6.07) is 6.23. The molecule has 5 heterocycles. The summed E-state index contributed by atoms with van der Waals surface area (Å²) in [4.78, 5) is 14.8. The molecule has 0 saturated heterocycles. The maximum Gasteiger partial charge on any atom is 0.177 e. The minimum Gasteiger partial charge on any atom is -0.397 e. The van der Waals surface area contributed by atoms with E-state index in [1.54, 1.807) is 17.7 Å². The van der Waals surface area contributed by atoms with Gasteiger partial charge in [-0.3, -0.25) is 4.68 Å². The minimum absolute atomic E-state index is 0.673. The van der Waals surface area contributed by atoms with Gasteiger partial charge in [0.2, 0.25) is 0 Å². The van der Waals surface area contributed by atoms with Crippen LogP contribution in [0.5, 0.6) is 0 Å². The number of nitrogens with zero attached hydrogens (tertiary/aromatic N) is 6. The summed E-state index contributed by atoms with van der Waals surface area (Å²) in [6.45, 7) is 0. The number of anilines is 1. The molecule has 5 aromatic rings.